The minimum absolute atomic E-state index is 0.0750. The molecule has 0 bridgehead atoms. The maximum atomic E-state index is 12.6. The first-order chi connectivity index (χ1) is 13.1. The smallest absolute Gasteiger partial charge is 0.307 e. The van der Waals surface area contributed by atoms with Crippen molar-refractivity contribution >= 4 is 22.8 Å². The summed E-state index contributed by atoms with van der Waals surface area (Å²) in [6.45, 7) is 1.63. The van der Waals surface area contributed by atoms with Crippen molar-refractivity contribution in [3.8, 4) is 0 Å². The number of H-pyrrole nitrogens is 1. The van der Waals surface area contributed by atoms with Crippen molar-refractivity contribution in [1.82, 2.24) is 15.2 Å². The maximum absolute atomic E-state index is 12.6. The number of aromatic amines is 1. The van der Waals surface area contributed by atoms with E-state index in [4.69, 9.17) is 4.74 Å². The molecule has 1 amide bonds. The molecule has 0 spiro atoms. The molecule has 1 aromatic carbocycles. The number of carbonyl (C=O) groups is 2. The van der Waals surface area contributed by atoms with Crippen molar-refractivity contribution in [2.45, 2.75) is 44.2 Å². The fourth-order valence-corrected chi connectivity index (χ4v) is 4.13. The van der Waals surface area contributed by atoms with Gasteiger partial charge in [0.2, 0.25) is 0 Å². The Hall–Kier alpha value is -2.34. The third-order valence-corrected chi connectivity index (χ3v) is 5.84. The van der Waals surface area contributed by atoms with Crippen LogP contribution in [-0.4, -0.2) is 54.0 Å². The highest BCUT2D eigenvalue weighted by Crippen LogP contribution is 2.35. The molecule has 2 fully saturated rings. The number of esters is 1. The predicted molar refractivity (Wildman–Crippen MR) is 104 cm³/mol. The Labute approximate surface area is 159 Å². The Bertz CT molecular complexity index is 794. The van der Waals surface area contributed by atoms with E-state index >= 15 is 0 Å². The number of likely N-dealkylation sites (tertiary alicyclic amines) is 1. The molecule has 0 radical (unpaired) electrons. The molecule has 6 heteroatoms. The normalized spacial score (nSPS) is 22.9. The average molecular weight is 369 g/mol. The number of amides is 1. The molecule has 1 saturated heterocycles. The van der Waals surface area contributed by atoms with E-state index in [-0.39, 0.29) is 24.0 Å². The lowest BCUT2D eigenvalue weighted by molar-refractivity contribution is -0.141. The van der Waals surface area contributed by atoms with Gasteiger partial charge in [0.25, 0.3) is 5.91 Å². The Morgan fingerprint density at radius 3 is 2.70 bits per heavy atom. The van der Waals surface area contributed by atoms with Crippen molar-refractivity contribution < 1.29 is 14.3 Å². The Balaban J connectivity index is 1.38. The van der Waals surface area contributed by atoms with Crippen LogP contribution in [-0.2, 0) is 9.53 Å². The summed E-state index contributed by atoms with van der Waals surface area (Å²) < 4.78 is 4.86. The number of ether oxygens (including phenoxy) is 1. The molecule has 2 heterocycles. The van der Waals surface area contributed by atoms with Crippen molar-refractivity contribution in [2.24, 2.45) is 5.92 Å². The third-order valence-electron chi connectivity index (χ3n) is 5.84. The molecule has 2 aromatic rings. The molecular formula is C21H27N3O3. The van der Waals surface area contributed by atoms with Gasteiger partial charge in [-0.25, -0.2) is 0 Å². The first kappa shape index (κ1) is 18.0. The molecule has 1 aliphatic carbocycles. The number of para-hydroxylation sites is 1. The Morgan fingerprint density at radius 1 is 1.19 bits per heavy atom. The van der Waals surface area contributed by atoms with Crippen molar-refractivity contribution in [3.05, 3.63) is 36.0 Å². The molecule has 1 aromatic heterocycles. The van der Waals surface area contributed by atoms with Gasteiger partial charge in [0.1, 0.15) is 5.69 Å². The van der Waals surface area contributed by atoms with Crippen LogP contribution in [0.5, 0.6) is 0 Å². The van der Waals surface area contributed by atoms with E-state index < -0.39 is 0 Å². The second-order valence-corrected chi connectivity index (χ2v) is 7.79. The summed E-state index contributed by atoms with van der Waals surface area (Å²) in [5.74, 6) is 0.521. The van der Waals surface area contributed by atoms with E-state index in [0.717, 1.165) is 36.2 Å². The number of hydrogen-bond acceptors (Lipinski definition) is 4. The van der Waals surface area contributed by atoms with Crippen molar-refractivity contribution in [1.29, 1.82) is 0 Å². The number of fused-ring (bicyclic) bond motifs is 1. The summed E-state index contributed by atoms with van der Waals surface area (Å²) in [4.78, 5) is 29.9. The Kier molecular flexibility index (Phi) is 5.16. The highest BCUT2D eigenvalue weighted by atomic mass is 16.5. The number of nitrogens with zero attached hydrogens (tertiary/aromatic N) is 1. The number of benzene rings is 1. The fraction of sp³-hybridized carbons (Fsp3) is 0.524. The molecule has 27 heavy (non-hydrogen) atoms. The lowest BCUT2D eigenvalue weighted by Crippen LogP contribution is -2.44. The van der Waals surface area contributed by atoms with E-state index in [1.807, 2.05) is 30.3 Å². The van der Waals surface area contributed by atoms with Gasteiger partial charge in [-0.15, -0.1) is 0 Å². The van der Waals surface area contributed by atoms with Crippen LogP contribution in [0.1, 0.15) is 42.6 Å². The summed E-state index contributed by atoms with van der Waals surface area (Å²) in [5.41, 5.74) is 1.56. The standard InChI is InChI=1S/C21H27N3O3/c1-27-20(25)11-16-8-9-17(24(16)13-14-6-7-14)12-22-21(26)19-10-15-4-2-3-5-18(15)23-19/h2-5,10,14,16-17,23H,6-9,11-13H2,1H3,(H,22,26)/t16-,17+/m1/s1. The molecule has 6 nitrogen and oxygen atoms in total. The number of methoxy groups -OCH3 is 1. The lowest BCUT2D eigenvalue weighted by Gasteiger charge is -2.30. The van der Waals surface area contributed by atoms with Crippen LogP contribution in [0.3, 0.4) is 0 Å². The van der Waals surface area contributed by atoms with Gasteiger partial charge < -0.3 is 15.0 Å². The first-order valence-corrected chi connectivity index (χ1v) is 9.82. The van der Waals surface area contributed by atoms with Crippen LogP contribution in [0.25, 0.3) is 10.9 Å². The van der Waals surface area contributed by atoms with Crippen molar-refractivity contribution in [3.63, 3.8) is 0 Å². The second kappa shape index (κ2) is 7.72. The molecule has 2 N–H and O–H groups in total. The quantitative estimate of drug-likeness (QED) is 0.736. The van der Waals surface area contributed by atoms with Crippen LogP contribution in [0.4, 0.5) is 0 Å². The molecule has 2 atom stereocenters. The number of aromatic nitrogens is 1. The highest BCUT2D eigenvalue weighted by molar-refractivity contribution is 5.97. The zero-order valence-electron chi connectivity index (χ0n) is 15.7. The van der Waals surface area contributed by atoms with Gasteiger partial charge in [-0.1, -0.05) is 18.2 Å². The van der Waals surface area contributed by atoms with E-state index in [2.05, 4.69) is 15.2 Å². The largest absolute Gasteiger partial charge is 0.469 e. The highest BCUT2D eigenvalue weighted by Gasteiger charge is 2.38. The minimum atomic E-state index is -0.149. The molecule has 0 unspecified atom stereocenters. The van der Waals surface area contributed by atoms with Crippen LogP contribution in [0.15, 0.2) is 30.3 Å². The summed E-state index contributed by atoms with van der Waals surface area (Å²) in [7, 11) is 1.44. The van der Waals surface area contributed by atoms with Gasteiger partial charge in [0, 0.05) is 36.1 Å². The number of nitrogens with one attached hydrogen (secondary N) is 2. The number of carbonyl (C=O) groups excluding carboxylic acids is 2. The molecule has 144 valence electrons. The van der Waals surface area contributed by atoms with E-state index in [0.29, 0.717) is 18.7 Å². The van der Waals surface area contributed by atoms with Crippen LogP contribution in [0.2, 0.25) is 0 Å². The first-order valence-electron chi connectivity index (χ1n) is 9.82. The maximum Gasteiger partial charge on any atom is 0.307 e. The summed E-state index contributed by atoms with van der Waals surface area (Å²) >= 11 is 0. The summed E-state index contributed by atoms with van der Waals surface area (Å²) in [6.07, 6.45) is 4.97. The second-order valence-electron chi connectivity index (χ2n) is 7.79. The average Bonchev–Trinajstić information content (AvgIpc) is 3.27. The zero-order chi connectivity index (χ0) is 18.8. The molecule has 4 rings (SSSR count). The molecular weight excluding hydrogens is 342 g/mol. The van der Waals surface area contributed by atoms with Crippen LogP contribution < -0.4 is 5.32 Å². The summed E-state index contributed by atoms with van der Waals surface area (Å²) in [5, 5.41) is 4.12. The third kappa shape index (κ3) is 4.16. The topological polar surface area (TPSA) is 74.4 Å². The van der Waals surface area contributed by atoms with Gasteiger partial charge in [-0.2, -0.15) is 0 Å². The van der Waals surface area contributed by atoms with Gasteiger partial charge in [-0.05, 0) is 43.7 Å². The van der Waals surface area contributed by atoms with Gasteiger partial charge >= 0.3 is 5.97 Å². The van der Waals surface area contributed by atoms with Crippen LogP contribution in [0, 0.1) is 5.92 Å². The molecule has 2 aliphatic rings. The summed E-state index contributed by atoms with van der Waals surface area (Å²) in [6, 6.07) is 10.3. The van der Waals surface area contributed by atoms with E-state index in [1.54, 1.807) is 0 Å². The molecule has 1 saturated carbocycles. The van der Waals surface area contributed by atoms with Crippen molar-refractivity contribution in [2.75, 3.05) is 20.2 Å². The predicted octanol–water partition coefficient (Wildman–Crippen LogP) is 2.70. The van der Waals surface area contributed by atoms with Gasteiger partial charge in [0.05, 0.1) is 13.5 Å². The Morgan fingerprint density at radius 2 is 1.96 bits per heavy atom. The SMILES string of the molecule is COC(=O)C[C@H]1CC[C@@H](CNC(=O)c2cc3ccccc3[nH]2)N1CC1CC1. The lowest BCUT2D eigenvalue weighted by atomic mass is 10.1. The van der Waals surface area contributed by atoms with E-state index in [9.17, 15) is 9.59 Å². The number of rotatable bonds is 7. The van der Waals surface area contributed by atoms with Gasteiger partial charge in [0.15, 0.2) is 0 Å². The van der Waals surface area contributed by atoms with E-state index in [1.165, 1.54) is 20.0 Å². The fourth-order valence-electron chi connectivity index (χ4n) is 4.13. The van der Waals surface area contributed by atoms with Gasteiger partial charge in [-0.3, -0.25) is 14.5 Å². The van der Waals surface area contributed by atoms with Crippen LogP contribution >= 0.6 is 0 Å². The zero-order valence-corrected chi connectivity index (χ0v) is 15.7. The minimum Gasteiger partial charge on any atom is -0.469 e. The number of hydrogen-bond donors (Lipinski definition) is 2. The monoisotopic (exact) mass is 369 g/mol. The molecule has 1 aliphatic heterocycles.